The van der Waals surface area contributed by atoms with Crippen LogP contribution in [-0.2, 0) is 9.59 Å². The number of anilines is 2. The molecule has 0 aliphatic heterocycles. The number of hydrogen-bond acceptors (Lipinski definition) is 7. The average molecular weight is 613 g/mol. The summed E-state index contributed by atoms with van der Waals surface area (Å²) in [5.74, 6) is -0.730. The predicted octanol–water partition coefficient (Wildman–Crippen LogP) is 6.58. The Kier molecular flexibility index (Phi) is 9.45. The number of halogens is 1. The molecular weight excluding hydrogens is 588 g/mol. The minimum atomic E-state index is -0.554. The molecule has 1 aromatic heterocycles. The van der Waals surface area contributed by atoms with E-state index in [0.717, 1.165) is 20.9 Å². The summed E-state index contributed by atoms with van der Waals surface area (Å²) in [6.45, 7) is 0. The molecule has 3 N–H and O–H groups in total. The van der Waals surface area contributed by atoms with Gasteiger partial charge in [0.2, 0.25) is 5.91 Å². The lowest BCUT2D eigenvalue weighted by molar-refractivity contribution is -0.114. The number of amides is 3. The third-order valence-electron chi connectivity index (χ3n) is 6.03. The van der Waals surface area contributed by atoms with Gasteiger partial charge in [0.1, 0.15) is 17.3 Å². The van der Waals surface area contributed by atoms with Gasteiger partial charge in [-0.1, -0.05) is 41.7 Å². The average Bonchev–Trinajstić information content (AvgIpc) is 3.43. The number of hydrogen-bond donors (Lipinski definition) is 3. The van der Waals surface area contributed by atoms with Gasteiger partial charge in [-0.15, -0.1) is 11.8 Å². The van der Waals surface area contributed by atoms with Crippen LogP contribution in [0.4, 0.5) is 15.2 Å². The van der Waals surface area contributed by atoms with Crippen LogP contribution in [0, 0.1) is 5.82 Å². The fraction of sp³-hybridized carbons (Fsp3) is 0.0625. The Hall–Kier alpha value is -5.00. The molecule has 43 heavy (non-hydrogen) atoms. The van der Waals surface area contributed by atoms with Gasteiger partial charge in [0.25, 0.3) is 11.8 Å². The van der Waals surface area contributed by atoms with E-state index in [1.165, 1.54) is 53.4 Å². The van der Waals surface area contributed by atoms with Gasteiger partial charge < -0.3 is 20.7 Å². The van der Waals surface area contributed by atoms with Crippen LogP contribution in [0.1, 0.15) is 15.9 Å². The molecule has 1 heterocycles. The van der Waals surface area contributed by atoms with Gasteiger partial charge in [0.05, 0.1) is 23.1 Å². The van der Waals surface area contributed by atoms with Crippen molar-refractivity contribution in [2.75, 3.05) is 23.5 Å². The molecule has 0 unspecified atom stereocenters. The Labute approximate surface area is 255 Å². The molecule has 0 aliphatic rings. The molecule has 5 aromatic rings. The molecule has 0 spiro atoms. The molecule has 0 bridgehead atoms. The molecule has 0 radical (unpaired) electrons. The highest BCUT2D eigenvalue weighted by Gasteiger charge is 2.16. The molecule has 0 aliphatic carbocycles. The van der Waals surface area contributed by atoms with Crippen molar-refractivity contribution in [3.63, 3.8) is 0 Å². The lowest BCUT2D eigenvalue weighted by Crippen LogP contribution is -2.30. The van der Waals surface area contributed by atoms with Gasteiger partial charge in [0, 0.05) is 16.1 Å². The highest BCUT2D eigenvalue weighted by atomic mass is 32.2. The van der Waals surface area contributed by atoms with Crippen LogP contribution in [0.3, 0.4) is 0 Å². The minimum absolute atomic E-state index is 0.0103. The quantitative estimate of drug-likeness (QED) is 0.121. The maximum absolute atomic E-state index is 13.4. The maximum atomic E-state index is 13.4. The molecular formula is C32H25FN4O4S2. The molecule has 0 saturated carbocycles. The van der Waals surface area contributed by atoms with Crippen molar-refractivity contribution in [3.8, 4) is 5.75 Å². The number of carbonyl (C=O) groups is 3. The first kappa shape index (κ1) is 29.5. The molecule has 4 aromatic carbocycles. The first-order chi connectivity index (χ1) is 20.9. The Morgan fingerprint density at radius 3 is 2.40 bits per heavy atom. The van der Waals surface area contributed by atoms with Gasteiger partial charge in [-0.2, -0.15) is 0 Å². The van der Waals surface area contributed by atoms with Crippen LogP contribution >= 0.6 is 23.1 Å². The Morgan fingerprint density at radius 1 is 0.930 bits per heavy atom. The fourth-order valence-electron chi connectivity index (χ4n) is 3.89. The third kappa shape index (κ3) is 8.06. The van der Waals surface area contributed by atoms with Gasteiger partial charge >= 0.3 is 0 Å². The number of thioether (sulfide) groups is 1. The van der Waals surface area contributed by atoms with E-state index in [-0.39, 0.29) is 17.4 Å². The largest absolute Gasteiger partial charge is 0.497 e. The summed E-state index contributed by atoms with van der Waals surface area (Å²) in [4.78, 5) is 43.7. The first-order valence-corrected chi connectivity index (χ1v) is 14.8. The number of thiazole rings is 1. The molecule has 8 nitrogen and oxygen atoms in total. The van der Waals surface area contributed by atoms with E-state index in [0.29, 0.717) is 21.9 Å². The van der Waals surface area contributed by atoms with Crippen molar-refractivity contribution in [2.24, 2.45) is 0 Å². The van der Waals surface area contributed by atoms with E-state index in [1.807, 2.05) is 18.2 Å². The number of methoxy groups -OCH3 is 1. The van der Waals surface area contributed by atoms with Crippen LogP contribution in [0.25, 0.3) is 16.3 Å². The zero-order valence-corrected chi connectivity index (χ0v) is 24.4. The van der Waals surface area contributed by atoms with Gasteiger partial charge in [-0.25, -0.2) is 9.37 Å². The molecule has 0 saturated heterocycles. The van der Waals surface area contributed by atoms with Crippen LogP contribution in [0.2, 0.25) is 0 Å². The lowest BCUT2D eigenvalue weighted by atomic mass is 10.1. The van der Waals surface area contributed by atoms with Crippen molar-refractivity contribution in [3.05, 3.63) is 120 Å². The summed E-state index contributed by atoms with van der Waals surface area (Å²) >= 11 is 2.71. The van der Waals surface area contributed by atoms with Crippen molar-refractivity contribution in [1.29, 1.82) is 0 Å². The van der Waals surface area contributed by atoms with E-state index >= 15 is 0 Å². The summed E-state index contributed by atoms with van der Waals surface area (Å²) < 4.78 is 19.5. The predicted molar refractivity (Wildman–Crippen MR) is 169 cm³/mol. The summed E-state index contributed by atoms with van der Waals surface area (Å²) in [7, 11) is 1.60. The molecule has 0 atom stereocenters. The summed E-state index contributed by atoms with van der Waals surface area (Å²) in [6.07, 6.45) is 1.47. The number of aromatic nitrogens is 1. The number of rotatable bonds is 10. The second kappa shape index (κ2) is 13.8. The third-order valence-corrected chi connectivity index (χ3v) is 7.98. The number of nitrogens with zero attached hydrogens (tertiary/aromatic N) is 1. The summed E-state index contributed by atoms with van der Waals surface area (Å²) in [5, 5.41) is 8.77. The monoisotopic (exact) mass is 612 g/mol. The van der Waals surface area contributed by atoms with Crippen molar-refractivity contribution < 1.29 is 23.5 Å². The smallest absolute Gasteiger partial charge is 0.272 e. The van der Waals surface area contributed by atoms with E-state index in [9.17, 15) is 18.8 Å². The number of ether oxygens (including phenoxy) is 1. The molecule has 0 fully saturated rings. The molecule has 3 amide bonds. The van der Waals surface area contributed by atoms with Crippen LogP contribution < -0.4 is 20.7 Å². The van der Waals surface area contributed by atoms with E-state index in [1.54, 1.807) is 61.7 Å². The summed E-state index contributed by atoms with van der Waals surface area (Å²) in [5.41, 5.74) is 2.18. The van der Waals surface area contributed by atoms with Crippen molar-refractivity contribution >= 4 is 67.9 Å². The number of fused-ring (bicyclic) bond motifs is 1. The molecule has 11 heteroatoms. The normalized spacial score (nSPS) is 11.2. The summed E-state index contributed by atoms with van der Waals surface area (Å²) in [6, 6.07) is 26.6. The van der Waals surface area contributed by atoms with E-state index < -0.39 is 17.6 Å². The number of nitrogens with one attached hydrogen (secondary N) is 3. The molecule has 216 valence electrons. The van der Waals surface area contributed by atoms with Crippen LogP contribution in [0.5, 0.6) is 5.75 Å². The lowest BCUT2D eigenvalue weighted by Gasteiger charge is -2.12. The van der Waals surface area contributed by atoms with E-state index in [4.69, 9.17) is 4.74 Å². The van der Waals surface area contributed by atoms with Crippen molar-refractivity contribution in [2.45, 2.75) is 4.90 Å². The Balaban J connectivity index is 1.20. The fourth-order valence-corrected chi connectivity index (χ4v) is 5.50. The number of benzene rings is 4. The van der Waals surface area contributed by atoms with E-state index in [2.05, 4.69) is 20.9 Å². The van der Waals surface area contributed by atoms with Gasteiger partial charge in [-0.05, 0) is 78.4 Å². The van der Waals surface area contributed by atoms with Crippen LogP contribution in [-0.4, -0.2) is 35.6 Å². The standard InChI is InChI=1S/C32H25FN4O4S2/c1-41-24-13-16-26-28(18-24)43-32(36-26)37-29(38)19-42-25-14-11-23(12-15-25)34-31(40)27(17-20-7-9-22(33)10-8-20)35-30(39)21-5-3-2-4-6-21/h2-18H,19H2,1H3,(H,34,40)(H,35,39)(H,36,37,38)/b27-17-. The Bertz CT molecular complexity index is 1790. The maximum Gasteiger partial charge on any atom is 0.272 e. The zero-order chi connectivity index (χ0) is 30.2. The Morgan fingerprint density at radius 2 is 1.67 bits per heavy atom. The topological polar surface area (TPSA) is 109 Å². The van der Waals surface area contributed by atoms with Crippen molar-refractivity contribution in [1.82, 2.24) is 10.3 Å². The second-order valence-corrected chi connectivity index (χ2v) is 11.2. The first-order valence-electron chi connectivity index (χ1n) is 13.0. The highest BCUT2D eigenvalue weighted by Crippen LogP contribution is 2.29. The zero-order valence-electron chi connectivity index (χ0n) is 22.8. The SMILES string of the molecule is COc1ccc2nc(NC(=O)CSc3ccc(NC(=O)/C(=C/c4ccc(F)cc4)NC(=O)c4ccccc4)cc3)sc2c1. The minimum Gasteiger partial charge on any atom is -0.497 e. The molecule has 5 rings (SSSR count). The number of carbonyl (C=O) groups excluding carboxylic acids is 3. The van der Waals surface area contributed by atoms with Gasteiger partial charge in [-0.3, -0.25) is 14.4 Å². The van der Waals surface area contributed by atoms with Crippen LogP contribution in [0.15, 0.2) is 108 Å². The second-order valence-electron chi connectivity index (χ2n) is 9.10. The van der Waals surface area contributed by atoms with Gasteiger partial charge in [0.15, 0.2) is 5.13 Å². The highest BCUT2D eigenvalue weighted by molar-refractivity contribution is 8.00.